The van der Waals surface area contributed by atoms with E-state index >= 15 is 0 Å². The van der Waals surface area contributed by atoms with Gasteiger partial charge in [0.15, 0.2) is 6.61 Å². The maximum Gasteiger partial charge on any atom is 0.281 e. The number of ether oxygens (including phenoxy) is 1. The molecule has 1 aromatic rings. The van der Waals surface area contributed by atoms with Crippen LogP contribution in [0.25, 0.3) is 0 Å². The van der Waals surface area contributed by atoms with Crippen LogP contribution >= 0.6 is 31.9 Å². The van der Waals surface area contributed by atoms with Crippen LogP contribution in [0.4, 0.5) is 0 Å². The van der Waals surface area contributed by atoms with Crippen LogP contribution in [0, 0.1) is 0 Å². The molecule has 0 unspecified atom stereocenters. The van der Waals surface area contributed by atoms with Gasteiger partial charge in [-0.2, -0.15) is 0 Å². The summed E-state index contributed by atoms with van der Waals surface area (Å²) in [4.78, 5) is 15.5. The zero-order valence-corrected chi connectivity index (χ0v) is 11.1. The van der Waals surface area contributed by atoms with Gasteiger partial charge in [0.1, 0.15) is 5.75 Å². The molecular formula is C9H9Br2NO3. The molecule has 1 amide bonds. The van der Waals surface area contributed by atoms with Crippen LogP contribution in [0.2, 0.25) is 0 Å². The normalized spacial score (nSPS) is 9.80. The Morgan fingerprint density at radius 2 is 2.20 bits per heavy atom. The zero-order chi connectivity index (χ0) is 11.3. The molecule has 4 nitrogen and oxygen atoms in total. The number of amides is 1. The number of halogens is 2. The van der Waals surface area contributed by atoms with Crippen molar-refractivity contribution in [1.82, 2.24) is 5.48 Å². The predicted molar refractivity (Wildman–Crippen MR) is 62.5 cm³/mol. The summed E-state index contributed by atoms with van der Waals surface area (Å²) in [5, 5.41) is 0. The van der Waals surface area contributed by atoms with Crippen LogP contribution in [-0.4, -0.2) is 19.6 Å². The molecule has 6 heteroatoms. The number of rotatable bonds is 4. The van der Waals surface area contributed by atoms with Gasteiger partial charge in [-0.1, -0.05) is 15.9 Å². The second-order valence-corrected chi connectivity index (χ2v) is 4.36. The smallest absolute Gasteiger partial charge is 0.281 e. The summed E-state index contributed by atoms with van der Waals surface area (Å²) in [7, 11) is 1.37. The molecule has 0 heterocycles. The number of carbonyl (C=O) groups excluding carboxylic acids is 1. The molecule has 1 aromatic carbocycles. The highest BCUT2D eigenvalue weighted by atomic mass is 79.9. The molecule has 0 saturated heterocycles. The molecule has 0 bridgehead atoms. The van der Waals surface area contributed by atoms with Gasteiger partial charge < -0.3 is 4.74 Å². The number of benzene rings is 1. The Kier molecular flexibility index (Phi) is 5.07. The molecule has 0 aliphatic carbocycles. The Hall–Kier alpha value is -0.590. The van der Waals surface area contributed by atoms with Gasteiger partial charge >= 0.3 is 0 Å². The minimum atomic E-state index is -0.340. The third kappa shape index (κ3) is 4.19. The monoisotopic (exact) mass is 337 g/mol. The van der Waals surface area contributed by atoms with Gasteiger partial charge in [0.05, 0.1) is 11.6 Å². The van der Waals surface area contributed by atoms with Crippen molar-refractivity contribution in [3.8, 4) is 5.75 Å². The Morgan fingerprint density at radius 3 is 2.80 bits per heavy atom. The largest absolute Gasteiger partial charge is 0.483 e. The molecule has 0 aromatic heterocycles. The topological polar surface area (TPSA) is 47.6 Å². The molecule has 0 radical (unpaired) electrons. The zero-order valence-electron chi connectivity index (χ0n) is 7.92. The van der Waals surface area contributed by atoms with E-state index in [-0.39, 0.29) is 12.5 Å². The van der Waals surface area contributed by atoms with E-state index in [2.05, 4.69) is 42.2 Å². The van der Waals surface area contributed by atoms with E-state index in [1.54, 1.807) is 6.07 Å². The SMILES string of the molecule is CONC(=O)COc1ccc(Br)cc1Br. The maximum absolute atomic E-state index is 11.0. The fourth-order valence-corrected chi connectivity index (χ4v) is 2.04. The molecule has 82 valence electrons. The molecule has 0 saturated carbocycles. The van der Waals surface area contributed by atoms with Gasteiger partial charge in [0.2, 0.25) is 0 Å². The van der Waals surface area contributed by atoms with E-state index in [1.165, 1.54) is 7.11 Å². The average Bonchev–Trinajstić information content (AvgIpc) is 2.17. The first kappa shape index (κ1) is 12.5. The lowest BCUT2D eigenvalue weighted by Gasteiger charge is -2.07. The average molecular weight is 339 g/mol. The van der Waals surface area contributed by atoms with Gasteiger partial charge in [-0.15, -0.1) is 0 Å². The van der Waals surface area contributed by atoms with Crippen molar-refractivity contribution in [2.24, 2.45) is 0 Å². The van der Waals surface area contributed by atoms with Crippen LogP contribution in [0.15, 0.2) is 27.1 Å². The summed E-state index contributed by atoms with van der Waals surface area (Å²) in [6.45, 7) is -0.0892. The second kappa shape index (κ2) is 6.09. The van der Waals surface area contributed by atoms with Crippen molar-refractivity contribution < 1.29 is 14.4 Å². The maximum atomic E-state index is 11.0. The predicted octanol–water partition coefficient (Wildman–Crippen LogP) is 2.27. The first-order valence-corrected chi connectivity index (χ1v) is 5.61. The number of nitrogens with one attached hydrogen (secondary N) is 1. The lowest BCUT2D eigenvalue weighted by Crippen LogP contribution is -2.27. The van der Waals surface area contributed by atoms with Crippen molar-refractivity contribution in [3.05, 3.63) is 27.1 Å². The lowest BCUT2D eigenvalue weighted by atomic mass is 10.3. The van der Waals surface area contributed by atoms with Gasteiger partial charge in [-0.3, -0.25) is 9.63 Å². The highest BCUT2D eigenvalue weighted by molar-refractivity contribution is 9.11. The fourth-order valence-electron chi connectivity index (χ4n) is 0.879. The van der Waals surface area contributed by atoms with Gasteiger partial charge in [0.25, 0.3) is 5.91 Å². The molecule has 15 heavy (non-hydrogen) atoms. The van der Waals surface area contributed by atoms with E-state index in [9.17, 15) is 4.79 Å². The molecule has 0 atom stereocenters. The highest BCUT2D eigenvalue weighted by Crippen LogP contribution is 2.27. The van der Waals surface area contributed by atoms with Crippen LogP contribution in [0.1, 0.15) is 0 Å². The Labute approximate surface area is 104 Å². The summed E-state index contributed by atoms with van der Waals surface area (Å²) in [5.74, 6) is 0.261. The van der Waals surface area contributed by atoms with Crippen molar-refractivity contribution in [1.29, 1.82) is 0 Å². The number of hydrogen-bond donors (Lipinski definition) is 1. The molecule has 0 aliphatic heterocycles. The van der Waals surface area contributed by atoms with Crippen molar-refractivity contribution in [2.75, 3.05) is 13.7 Å². The molecule has 0 aliphatic rings. The third-order valence-corrected chi connectivity index (χ3v) is 2.58. The van der Waals surface area contributed by atoms with Gasteiger partial charge in [-0.05, 0) is 34.1 Å². The van der Waals surface area contributed by atoms with Crippen LogP contribution in [0.3, 0.4) is 0 Å². The van der Waals surface area contributed by atoms with Crippen LogP contribution in [0.5, 0.6) is 5.75 Å². The minimum Gasteiger partial charge on any atom is -0.483 e. The summed E-state index contributed by atoms with van der Waals surface area (Å²) in [5.41, 5.74) is 2.16. The summed E-state index contributed by atoms with van der Waals surface area (Å²) in [6, 6.07) is 5.42. The van der Waals surface area contributed by atoms with Crippen molar-refractivity contribution in [3.63, 3.8) is 0 Å². The van der Waals surface area contributed by atoms with Gasteiger partial charge in [-0.25, -0.2) is 5.48 Å². The quantitative estimate of drug-likeness (QED) is 0.857. The molecule has 1 rings (SSSR count). The Bertz CT molecular complexity index is 357. The highest BCUT2D eigenvalue weighted by Gasteiger charge is 2.05. The number of hydrogen-bond acceptors (Lipinski definition) is 3. The van der Waals surface area contributed by atoms with E-state index < -0.39 is 0 Å². The van der Waals surface area contributed by atoms with Gasteiger partial charge in [0, 0.05) is 4.47 Å². The van der Waals surface area contributed by atoms with E-state index in [0.717, 1.165) is 8.95 Å². The summed E-state index contributed by atoms with van der Waals surface area (Å²) in [6.07, 6.45) is 0. The summed E-state index contributed by atoms with van der Waals surface area (Å²) >= 11 is 6.63. The second-order valence-electron chi connectivity index (χ2n) is 2.59. The first-order chi connectivity index (χ1) is 7.13. The minimum absolute atomic E-state index is 0.0892. The fraction of sp³-hybridized carbons (Fsp3) is 0.222. The Morgan fingerprint density at radius 1 is 1.47 bits per heavy atom. The molecule has 1 N–H and O–H groups in total. The summed E-state index contributed by atoms with van der Waals surface area (Å²) < 4.78 is 6.96. The van der Waals surface area contributed by atoms with Crippen molar-refractivity contribution >= 4 is 37.8 Å². The van der Waals surface area contributed by atoms with Crippen molar-refractivity contribution in [2.45, 2.75) is 0 Å². The molecule has 0 spiro atoms. The van der Waals surface area contributed by atoms with E-state index in [4.69, 9.17) is 4.74 Å². The van der Waals surface area contributed by atoms with Crippen LogP contribution in [-0.2, 0) is 9.63 Å². The third-order valence-electron chi connectivity index (χ3n) is 1.47. The standard InChI is InChI=1S/C9H9Br2NO3/c1-14-12-9(13)5-15-8-3-2-6(10)4-7(8)11/h2-4H,5H2,1H3,(H,12,13). The molecular weight excluding hydrogens is 330 g/mol. The Balaban J connectivity index is 2.54. The van der Waals surface area contributed by atoms with Crippen LogP contribution < -0.4 is 10.2 Å². The lowest BCUT2D eigenvalue weighted by molar-refractivity contribution is -0.133. The number of carbonyl (C=O) groups is 1. The first-order valence-electron chi connectivity index (χ1n) is 4.03. The van der Waals surface area contributed by atoms with E-state index in [1.807, 2.05) is 12.1 Å². The molecule has 0 fully saturated rings. The number of hydroxylamine groups is 1. The van der Waals surface area contributed by atoms with E-state index in [0.29, 0.717) is 5.75 Å².